The van der Waals surface area contributed by atoms with Crippen LogP contribution in [0.1, 0.15) is 18.6 Å². The maximum absolute atomic E-state index is 6.07. The van der Waals surface area contributed by atoms with Crippen LogP contribution >= 0.6 is 0 Å². The first kappa shape index (κ1) is 15.2. The summed E-state index contributed by atoms with van der Waals surface area (Å²) >= 11 is 0. The third-order valence-corrected chi connectivity index (χ3v) is 3.22. The van der Waals surface area contributed by atoms with Gasteiger partial charge in [-0.2, -0.15) is 0 Å². The molecule has 4 nitrogen and oxygen atoms in total. The van der Waals surface area contributed by atoms with Crippen LogP contribution < -0.4 is 19.9 Å². The first-order valence-electron chi connectivity index (χ1n) is 6.84. The molecule has 0 heterocycles. The van der Waals surface area contributed by atoms with Gasteiger partial charge in [-0.15, -0.1) is 0 Å². The Morgan fingerprint density at radius 2 is 1.48 bits per heavy atom. The molecule has 0 spiro atoms. The van der Waals surface area contributed by atoms with Gasteiger partial charge in [0, 0.05) is 6.04 Å². The van der Waals surface area contributed by atoms with Crippen LogP contribution in [-0.4, -0.2) is 20.3 Å². The van der Waals surface area contributed by atoms with E-state index >= 15 is 0 Å². The summed E-state index contributed by atoms with van der Waals surface area (Å²) < 4.78 is 16.4. The highest BCUT2D eigenvalue weighted by atomic mass is 16.5. The SMILES string of the molecule is COc1ccc(OC(c2cccc(OC)c2)C(C)N)cc1. The minimum atomic E-state index is -0.242. The van der Waals surface area contributed by atoms with E-state index in [2.05, 4.69) is 0 Å². The van der Waals surface area contributed by atoms with E-state index in [0.717, 1.165) is 22.8 Å². The fourth-order valence-electron chi connectivity index (χ4n) is 2.10. The average molecular weight is 287 g/mol. The lowest BCUT2D eigenvalue weighted by Crippen LogP contribution is -2.29. The smallest absolute Gasteiger partial charge is 0.139 e. The van der Waals surface area contributed by atoms with Crippen LogP contribution in [0.15, 0.2) is 48.5 Å². The molecule has 2 aromatic rings. The second-order valence-electron chi connectivity index (χ2n) is 4.85. The third kappa shape index (κ3) is 3.89. The van der Waals surface area contributed by atoms with Gasteiger partial charge in [-0.05, 0) is 48.9 Å². The van der Waals surface area contributed by atoms with Gasteiger partial charge in [-0.3, -0.25) is 0 Å². The topological polar surface area (TPSA) is 53.7 Å². The first-order valence-corrected chi connectivity index (χ1v) is 6.84. The lowest BCUT2D eigenvalue weighted by Gasteiger charge is -2.23. The summed E-state index contributed by atoms with van der Waals surface area (Å²) in [6.07, 6.45) is -0.242. The summed E-state index contributed by atoms with van der Waals surface area (Å²) in [6.45, 7) is 1.92. The summed E-state index contributed by atoms with van der Waals surface area (Å²) in [6, 6.07) is 15.1. The van der Waals surface area contributed by atoms with Crippen LogP contribution in [0.4, 0.5) is 0 Å². The van der Waals surface area contributed by atoms with Gasteiger partial charge >= 0.3 is 0 Å². The Kier molecular flexibility index (Phi) is 5.06. The van der Waals surface area contributed by atoms with E-state index < -0.39 is 0 Å². The van der Waals surface area contributed by atoms with Gasteiger partial charge in [0.25, 0.3) is 0 Å². The number of benzene rings is 2. The zero-order valence-electron chi connectivity index (χ0n) is 12.6. The van der Waals surface area contributed by atoms with E-state index in [0.29, 0.717) is 0 Å². The predicted octanol–water partition coefficient (Wildman–Crippen LogP) is 3.17. The molecular formula is C17H21NO3. The Morgan fingerprint density at radius 1 is 0.857 bits per heavy atom. The summed E-state index contributed by atoms with van der Waals surface area (Å²) in [5, 5.41) is 0. The van der Waals surface area contributed by atoms with Crippen molar-refractivity contribution in [3.8, 4) is 17.2 Å². The van der Waals surface area contributed by atoms with Crippen molar-refractivity contribution in [2.24, 2.45) is 5.73 Å². The van der Waals surface area contributed by atoms with Crippen molar-refractivity contribution in [2.75, 3.05) is 14.2 Å². The van der Waals surface area contributed by atoms with Crippen LogP contribution in [-0.2, 0) is 0 Å². The molecule has 112 valence electrons. The van der Waals surface area contributed by atoms with Crippen molar-refractivity contribution in [3.63, 3.8) is 0 Å². The van der Waals surface area contributed by atoms with Gasteiger partial charge in [0.1, 0.15) is 23.4 Å². The maximum atomic E-state index is 6.07. The van der Waals surface area contributed by atoms with Crippen LogP contribution in [0.3, 0.4) is 0 Å². The molecule has 21 heavy (non-hydrogen) atoms. The third-order valence-electron chi connectivity index (χ3n) is 3.22. The summed E-state index contributed by atoms with van der Waals surface area (Å²) in [7, 11) is 3.28. The largest absolute Gasteiger partial charge is 0.497 e. The molecule has 2 N–H and O–H groups in total. The molecule has 0 fully saturated rings. The average Bonchev–Trinajstić information content (AvgIpc) is 2.53. The number of nitrogens with two attached hydrogens (primary N) is 1. The van der Waals surface area contributed by atoms with Gasteiger partial charge in [-0.25, -0.2) is 0 Å². The van der Waals surface area contributed by atoms with E-state index in [1.54, 1.807) is 14.2 Å². The minimum Gasteiger partial charge on any atom is -0.497 e. The highest BCUT2D eigenvalue weighted by molar-refractivity contribution is 5.34. The van der Waals surface area contributed by atoms with Crippen molar-refractivity contribution in [1.29, 1.82) is 0 Å². The zero-order valence-corrected chi connectivity index (χ0v) is 12.6. The van der Waals surface area contributed by atoms with Gasteiger partial charge in [0.2, 0.25) is 0 Å². The Morgan fingerprint density at radius 3 is 2.05 bits per heavy atom. The number of ether oxygens (including phenoxy) is 3. The molecule has 2 unspecified atom stereocenters. The fourth-order valence-corrected chi connectivity index (χ4v) is 2.10. The van der Waals surface area contributed by atoms with Crippen molar-refractivity contribution < 1.29 is 14.2 Å². The van der Waals surface area contributed by atoms with Crippen molar-refractivity contribution >= 4 is 0 Å². The van der Waals surface area contributed by atoms with Crippen molar-refractivity contribution in [3.05, 3.63) is 54.1 Å². The molecule has 0 radical (unpaired) electrons. The number of hydrogen-bond donors (Lipinski definition) is 1. The Bertz CT molecular complexity index is 567. The molecule has 2 aromatic carbocycles. The Hall–Kier alpha value is -2.20. The second kappa shape index (κ2) is 6.99. The Labute approximate surface area is 125 Å². The molecule has 0 aliphatic heterocycles. The summed E-state index contributed by atoms with van der Waals surface area (Å²) in [4.78, 5) is 0. The van der Waals surface area contributed by atoms with Crippen LogP contribution in [0.5, 0.6) is 17.2 Å². The van der Waals surface area contributed by atoms with Crippen molar-refractivity contribution in [2.45, 2.75) is 19.1 Å². The highest BCUT2D eigenvalue weighted by Crippen LogP contribution is 2.27. The molecule has 0 saturated carbocycles. The second-order valence-corrected chi connectivity index (χ2v) is 4.85. The molecule has 2 rings (SSSR count). The van der Waals surface area contributed by atoms with E-state index in [-0.39, 0.29) is 12.1 Å². The fraction of sp³-hybridized carbons (Fsp3) is 0.294. The minimum absolute atomic E-state index is 0.154. The Balaban J connectivity index is 2.21. The summed E-state index contributed by atoms with van der Waals surface area (Å²) in [5.74, 6) is 2.33. The number of hydrogen-bond acceptors (Lipinski definition) is 4. The normalized spacial score (nSPS) is 13.3. The van der Waals surface area contributed by atoms with E-state index in [1.807, 2.05) is 55.5 Å². The molecule has 0 saturated heterocycles. The van der Waals surface area contributed by atoms with Crippen molar-refractivity contribution in [1.82, 2.24) is 0 Å². The molecule has 4 heteroatoms. The monoisotopic (exact) mass is 287 g/mol. The molecular weight excluding hydrogens is 266 g/mol. The highest BCUT2D eigenvalue weighted by Gasteiger charge is 2.19. The van der Waals surface area contributed by atoms with Gasteiger partial charge in [-0.1, -0.05) is 12.1 Å². The van der Waals surface area contributed by atoms with Gasteiger partial charge < -0.3 is 19.9 Å². The van der Waals surface area contributed by atoms with Crippen LogP contribution in [0.2, 0.25) is 0 Å². The first-order chi connectivity index (χ1) is 10.1. The quantitative estimate of drug-likeness (QED) is 0.886. The molecule has 0 bridgehead atoms. The van der Waals surface area contributed by atoms with Crippen LogP contribution in [0, 0.1) is 0 Å². The molecule has 0 aliphatic carbocycles. The molecule has 0 aliphatic rings. The van der Waals surface area contributed by atoms with Gasteiger partial charge in [0.15, 0.2) is 0 Å². The van der Waals surface area contributed by atoms with E-state index in [4.69, 9.17) is 19.9 Å². The standard InChI is InChI=1S/C17H21NO3/c1-12(18)17(13-5-4-6-16(11-13)20-3)21-15-9-7-14(19-2)8-10-15/h4-12,17H,18H2,1-3H3. The van der Waals surface area contributed by atoms with E-state index in [1.165, 1.54) is 0 Å². The number of methoxy groups -OCH3 is 2. The van der Waals surface area contributed by atoms with Crippen LogP contribution in [0.25, 0.3) is 0 Å². The predicted molar refractivity (Wildman–Crippen MR) is 83.0 cm³/mol. The van der Waals surface area contributed by atoms with E-state index in [9.17, 15) is 0 Å². The molecule has 2 atom stereocenters. The lowest BCUT2D eigenvalue weighted by atomic mass is 10.0. The molecule has 0 aromatic heterocycles. The molecule has 0 amide bonds. The lowest BCUT2D eigenvalue weighted by molar-refractivity contribution is 0.180. The maximum Gasteiger partial charge on any atom is 0.139 e. The van der Waals surface area contributed by atoms with Gasteiger partial charge in [0.05, 0.1) is 14.2 Å². The summed E-state index contributed by atoms with van der Waals surface area (Å²) in [5.41, 5.74) is 7.06. The zero-order chi connectivity index (χ0) is 15.2. The number of rotatable bonds is 6.